The summed E-state index contributed by atoms with van der Waals surface area (Å²) in [7, 11) is 0. The second-order valence-corrected chi connectivity index (χ2v) is 12.0. The maximum Gasteiger partial charge on any atom is 0.177 e. The molecule has 0 unspecified atom stereocenters. The smallest absolute Gasteiger partial charge is 0.177 e. The van der Waals surface area contributed by atoms with Crippen molar-refractivity contribution >= 4 is 0 Å². The number of aromatic nitrogens is 10. The predicted molar refractivity (Wildman–Crippen MR) is 141 cm³/mol. The van der Waals surface area contributed by atoms with Crippen molar-refractivity contribution in [2.45, 2.75) is 132 Å². The zero-order valence-corrected chi connectivity index (χ0v) is 24.4. The van der Waals surface area contributed by atoms with Crippen molar-refractivity contribution < 1.29 is 0 Å². The number of hydrogen-bond donors (Lipinski definition) is 0. The molecule has 0 amide bonds. The van der Waals surface area contributed by atoms with Crippen LogP contribution in [-0.4, -0.2) is 50.2 Å². The van der Waals surface area contributed by atoms with Crippen molar-refractivity contribution in [1.82, 2.24) is 50.2 Å². The van der Waals surface area contributed by atoms with Crippen molar-refractivity contribution in [3.8, 4) is 0 Å². The minimum atomic E-state index is -0.0693. The van der Waals surface area contributed by atoms with Gasteiger partial charge in [-0.2, -0.15) is 19.8 Å². The molecule has 3 heterocycles. The van der Waals surface area contributed by atoms with Crippen LogP contribution in [0.25, 0.3) is 0 Å². The van der Waals surface area contributed by atoms with Crippen LogP contribution in [0.15, 0.2) is 12.4 Å². The third-order valence-electron chi connectivity index (χ3n) is 4.92. The minimum Gasteiger partial charge on any atom is -0.247 e. The monoisotopic (exact) mass is 488 g/mol. The van der Waals surface area contributed by atoms with E-state index in [1.807, 2.05) is 17.1 Å². The van der Waals surface area contributed by atoms with Gasteiger partial charge in [-0.15, -0.1) is 15.3 Å². The maximum absolute atomic E-state index is 4.31. The SMILES string of the molecule is CC(C)c1cn(C(C)(C)C)nn1.CC(C)c1cnn(C(C)C)n1.CC(C)c1nnn(C(C)(C)C)n1. The number of tetrazole rings is 1. The van der Waals surface area contributed by atoms with Crippen LogP contribution in [0.4, 0.5) is 0 Å². The van der Waals surface area contributed by atoms with Crippen LogP contribution < -0.4 is 0 Å². The van der Waals surface area contributed by atoms with Gasteiger partial charge in [0.2, 0.25) is 0 Å². The summed E-state index contributed by atoms with van der Waals surface area (Å²) >= 11 is 0. The maximum atomic E-state index is 4.31. The van der Waals surface area contributed by atoms with Crippen molar-refractivity contribution in [3.05, 3.63) is 29.6 Å². The molecule has 10 heteroatoms. The third-order valence-corrected chi connectivity index (χ3v) is 4.92. The lowest BCUT2D eigenvalue weighted by molar-refractivity contribution is 0.305. The highest BCUT2D eigenvalue weighted by atomic mass is 15.6. The Labute approximate surface area is 211 Å². The normalized spacial score (nSPS) is 12.2. The Morgan fingerprint density at radius 3 is 1.49 bits per heavy atom. The largest absolute Gasteiger partial charge is 0.247 e. The van der Waals surface area contributed by atoms with Gasteiger partial charge in [-0.1, -0.05) is 46.8 Å². The fraction of sp³-hybridized carbons (Fsp3) is 0.800. The van der Waals surface area contributed by atoms with Crippen molar-refractivity contribution in [2.24, 2.45) is 0 Å². The first-order chi connectivity index (χ1) is 15.9. The van der Waals surface area contributed by atoms with Gasteiger partial charge in [-0.3, -0.25) is 0 Å². The lowest BCUT2D eigenvalue weighted by Gasteiger charge is -2.17. The summed E-state index contributed by atoms with van der Waals surface area (Å²) in [6, 6.07) is 0.363. The Bertz CT molecular complexity index is 915. The fourth-order valence-electron chi connectivity index (χ4n) is 2.41. The van der Waals surface area contributed by atoms with Crippen molar-refractivity contribution in [1.29, 1.82) is 0 Å². The molecule has 0 aliphatic heterocycles. The lowest BCUT2D eigenvalue weighted by atomic mass is 10.1. The lowest BCUT2D eigenvalue weighted by Crippen LogP contribution is -2.24. The Morgan fingerprint density at radius 1 is 0.657 bits per heavy atom. The molecule has 0 bridgehead atoms. The number of hydrogen-bond acceptors (Lipinski definition) is 7. The van der Waals surface area contributed by atoms with E-state index in [1.165, 1.54) is 0 Å². The van der Waals surface area contributed by atoms with E-state index in [0.717, 1.165) is 17.2 Å². The van der Waals surface area contributed by atoms with Crippen LogP contribution in [0.5, 0.6) is 0 Å². The first-order valence-electron chi connectivity index (χ1n) is 12.6. The Balaban J connectivity index is 0.000000263. The summed E-state index contributed by atoms with van der Waals surface area (Å²) in [5.74, 6) is 2.09. The molecule has 0 aliphatic rings. The quantitative estimate of drug-likeness (QED) is 0.464. The van der Waals surface area contributed by atoms with Gasteiger partial charge in [-0.05, 0) is 72.4 Å². The molecule has 3 aromatic heterocycles. The van der Waals surface area contributed by atoms with Crippen LogP contribution in [0.1, 0.15) is 138 Å². The summed E-state index contributed by atoms with van der Waals surface area (Å²) in [4.78, 5) is 3.40. The molecule has 198 valence electrons. The van der Waals surface area contributed by atoms with E-state index >= 15 is 0 Å². The Kier molecular flexibility index (Phi) is 10.7. The van der Waals surface area contributed by atoms with Crippen LogP contribution in [0.3, 0.4) is 0 Å². The van der Waals surface area contributed by atoms with Gasteiger partial charge in [0.15, 0.2) is 5.82 Å². The number of rotatable bonds is 4. The molecule has 0 saturated carbocycles. The Morgan fingerprint density at radius 2 is 1.23 bits per heavy atom. The highest BCUT2D eigenvalue weighted by molar-refractivity contribution is 4.99. The van der Waals surface area contributed by atoms with Crippen LogP contribution in [0.2, 0.25) is 0 Å². The molecular formula is C25H48N10. The summed E-state index contributed by atoms with van der Waals surface area (Å²) in [5, 5.41) is 28.9. The molecule has 0 spiro atoms. The standard InChI is InChI=1S/C9H17N3.C8H16N4.C8H15N3/c1-7(2)8-6-12(11-10-8)9(3,4)5;1-6(2)7-9-11-12(10-7)8(3,4)5;1-6(2)8-5-9-11(10-8)7(3)4/h6-7H,1-5H3;6H,1-5H3;5-7H,1-4H3. The second-order valence-electron chi connectivity index (χ2n) is 12.0. The van der Waals surface area contributed by atoms with Gasteiger partial charge in [0.25, 0.3) is 0 Å². The summed E-state index contributed by atoms with van der Waals surface area (Å²) in [6.07, 6.45) is 3.86. The zero-order valence-electron chi connectivity index (χ0n) is 24.4. The first kappa shape index (κ1) is 30.4. The van der Waals surface area contributed by atoms with E-state index in [2.05, 4.69) is 133 Å². The zero-order chi connectivity index (χ0) is 27.1. The van der Waals surface area contributed by atoms with E-state index in [0.29, 0.717) is 23.8 Å². The summed E-state index contributed by atoms with van der Waals surface area (Å²) in [5.41, 5.74) is 2.10. The van der Waals surface area contributed by atoms with Gasteiger partial charge in [0, 0.05) is 12.1 Å². The van der Waals surface area contributed by atoms with Gasteiger partial charge in [0.1, 0.15) is 0 Å². The van der Waals surface area contributed by atoms with Gasteiger partial charge >= 0.3 is 0 Å². The van der Waals surface area contributed by atoms with Gasteiger partial charge in [0.05, 0.1) is 34.7 Å². The van der Waals surface area contributed by atoms with E-state index in [-0.39, 0.29) is 11.1 Å². The molecule has 0 aromatic carbocycles. The summed E-state index contributed by atoms with van der Waals surface area (Å²) < 4.78 is 1.91. The fourth-order valence-corrected chi connectivity index (χ4v) is 2.41. The molecule has 3 rings (SSSR count). The topological polar surface area (TPSA) is 105 Å². The third kappa shape index (κ3) is 9.85. The van der Waals surface area contributed by atoms with E-state index < -0.39 is 0 Å². The molecular weight excluding hydrogens is 440 g/mol. The molecule has 0 radical (unpaired) electrons. The second kappa shape index (κ2) is 12.4. The highest BCUT2D eigenvalue weighted by Gasteiger charge is 2.18. The average molecular weight is 489 g/mol. The van der Waals surface area contributed by atoms with E-state index in [4.69, 9.17) is 0 Å². The molecule has 0 N–H and O–H groups in total. The molecule has 10 nitrogen and oxygen atoms in total. The summed E-state index contributed by atoms with van der Waals surface area (Å²) in [6.45, 7) is 29.3. The van der Waals surface area contributed by atoms with Crippen molar-refractivity contribution in [3.63, 3.8) is 0 Å². The van der Waals surface area contributed by atoms with Crippen molar-refractivity contribution in [2.75, 3.05) is 0 Å². The number of nitrogens with zero attached hydrogens (tertiary/aromatic N) is 10. The average Bonchev–Trinajstić information content (AvgIpc) is 3.48. The molecule has 0 fully saturated rings. The predicted octanol–water partition coefficient (Wildman–Crippen LogP) is 5.69. The van der Waals surface area contributed by atoms with E-state index in [1.54, 1.807) is 9.59 Å². The van der Waals surface area contributed by atoms with Crippen LogP contribution in [0, 0.1) is 0 Å². The molecule has 35 heavy (non-hydrogen) atoms. The van der Waals surface area contributed by atoms with Gasteiger partial charge < -0.3 is 0 Å². The molecule has 0 saturated heterocycles. The molecule has 0 atom stereocenters. The van der Waals surface area contributed by atoms with E-state index in [9.17, 15) is 0 Å². The Hall–Kier alpha value is -2.65. The highest BCUT2D eigenvalue weighted by Crippen LogP contribution is 2.16. The first-order valence-corrected chi connectivity index (χ1v) is 12.6. The molecule has 0 aliphatic carbocycles. The molecule has 3 aromatic rings. The van der Waals surface area contributed by atoms with Crippen LogP contribution in [-0.2, 0) is 11.1 Å². The minimum absolute atomic E-state index is 0.0418. The van der Waals surface area contributed by atoms with Gasteiger partial charge in [-0.25, -0.2) is 4.68 Å². The van der Waals surface area contributed by atoms with Crippen LogP contribution >= 0.6 is 0 Å².